The molecule has 0 fully saturated rings. The Morgan fingerprint density at radius 3 is 2.62 bits per heavy atom. The maximum atomic E-state index is 13.5. The Morgan fingerprint density at radius 1 is 1.52 bits per heavy atom. The molecule has 21 heavy (non-hydrogen) atoms. The first-order chi connectivity index (χ1) is 9.77. The van der Waals surface area contributed by atoms with Gasteiger partial charge in [0, 0.05) is 6.04 Å². The Kier molecular flexibility index (Phi) is 6.07. The topological polar surface area (TPSA) is 72.7 Å². The van der Waals surface area contributed by atoms with E-state index < -0.39 is 22.4 Å². The minimum Gasteiger partial charge on any atom is -0.465 e. The lowest BCUT2D eigenvalue weighted by Crippen LogP contribution is -2.37. The molecule has 0 aliphatic heterocycles. The molecule has 8 heteroatoms. The van der Waals surface area contributed by atoms with E-state index in [-0.39, 0.29) is 29.4 Å². The Labute approximate surface area is 130 Å². The van der Waals surface area contributed by atoms with Crippen molar-refractivity contribution >= 4 is 33.3 Å². The third-order valence-corrected chi connectivity index (χ3v) is 3.36. The molecule has 0 atom stereocenters. The van der Waals surface area contributed by atoms with Crippen molar-refractivity contribution in [2.75, 3.05) is 18.1 Å². The molecule has 0 spiro atoms. The number of carbonyl (C=O) groups is 1. The first-order valence-corrected chi connectivity index (χ1v) is 7.12. The lowest BCUT2D eigenvalue weighted by molar-refractivity contribution is -0.384. The monoisotopic (exact) mass is 362 g/mol. The molecule has 0 aliphatic rings. The zero-order valence-electron chi connectivity index (χ0n) is 11.9. The average Bonchev–Trinajstić information content (AvgIpc) is 2.38. The summed E-state index contributed by atoms with van der Waals surface area (Å²) in [4.78, 5) is 23.6. The molecular weight excluding hydrogens is 347 g/mol. The molecule has 0 saturated heterocycles. The predicted molar refractivity (Wildman–Crippen MR) is 79.9 cm³/mol. The van der Waals surface area contributed by atoms with Gasteiger partial charge in [-0.15, -0.1) is 0 Å². The molecule has 0 heterocycles. The first kappa shape index (κ1) is 17.4. The van der Waals surface area contributed by atoms with Crippen LogP contribution >= 0.6 is 15.9 Å². The van der Waals surface area contributed by atoms with E-state index in [1.807, 2.05) is 0 Å². The number of rotatable bonds is 6. The fourth-order valence-electron chi connectivity index (χ4n) is 1.79. The number of nitrogens with zero attached hydrogens (tertiary/aromatic N) is 2. The van der Waals surface area contributed by atoms with Crippen molar-refractivity contribution in [1.29, 1.82) is 0 Å². The van der Waals surface area contributed by atoms with Gasteiger partial charge in [-0.3, -0.25) is 14.9 Å². The number of nitro benzene ring substituents is 1. The van der Waals surface area contributed by atoms with Crippen molar-refractivity contribution in [3.63, 3.8) is 0 Å². The van der Waals surface area contributed by atoms with E-state index in [0.29, 0.717) is 0 Å². The summed E-state index contributed by atoms with van der Waals surface area (Å²) in [6.45, 7) is 5.30. The van der Waals surface area contributed by atoms with Gasteiger partial charge in [-0.25, -0.2) is 4.39 Å². The van der Waals surface area contributed by atoms with Crippen LogP contribution in [0.15, 0.2) is 16.6 Å². The average molecular weight is 363 g/mol. The summed E-state index contributed by atoms with van der Waals surface area (Å²) in [5.41, 5.74) is -0.231. The predicted octanol–water partition coefficient (Wildman–Crippen LogP) is 3.27. The number of carbonyl (C=O) groups excluding carboxylic acids is 1. The molecule has 0 saturated carbocycles. The lowest BCUT2D eigenvalue weighted by atomic mass is 10.2. The quantitative estimate of drug-likeness (QED) is 0.441. The highest BCUT2D eigenvalue weighted by Gasteiger charge is 2.26. The van der Waals surface area contributed by atoms with Crippen LogP contribution in [0.1, 0.15) is 20.8 Å². The SMILES string of the molecule is CCOC(=O)CN(c1cc(Br)c(F)cc1[N+](=O)[O-])C(C)C. The van der Waals surface area contributed by atoms with Crippen molar-refractivity contribution in [3.8, 4) is 0 Å². The number of benzene rings is 1. The fourth-order valence-corrected chi connectivity index (χ4v) is 2.13. The molecule has 0 unspecified atom stereocenters. The summed E-state index contributed by atoms with van der Waals surface area (Å²) in [6, 6.07) is 1.93. The molecule has 6 nitrogen and oxygen atoms in total. The number of ether oxygens (including phenoxy) is 1. The van der Waals surface area contributed by atoms with Crippen LogP contribution in [0.5, 0.6) is 0 Å². The molecule has 0 N–H and O–H groups in total. The van der Waals surface area contributed by atoms with Crippen LogP contribution in [0.3, 0.4) is 0 Å². The van der Waals surface area contributed by atoms with E-state index in [2.05, 4.69) is 15.9 Å². The van der Waals surface area contributed by atoms with E-state index in [0.717, 1.165) is 6.07 Å². The highest BCUT2D eigenvalue weighted by atomic mass is 79.9. The lowest BCUT2D eigenvalue weighted by Gasteiger charge is -2.27. The van der Waals surface area contributed by atoms with E-state index in [4.69, 9.17) is 4.74 Å². The maximum absolute atomic E-state index is 13.5. The minimum absolute atomic E-state index is 0.0950. The Hall–Kier alpha value is -1.70. The second kappa shape index (κ2) is 7.35. The van der Waals surface area contributed by atoms with Crippen LogP contribution < -0.4 is 4.90 Å². The van der Waals surface area contributed by atoms with Crippen molar-refractivity contribution in [1.82, 2.24) is 0 Å². The summed E-state index contributed by atoms with van der Waals surface area (Å²) in [5, 5.41) is 11.1. The molecule has 0 aromatic heterocycles. The zero-order valence-corrected chi connectivity index (χ0v) is 13.5. The molecule has 0 amide bonds. The minimum atomic E-state index is -0.731. The second-order valence-electron chi connectivity index (χ2n) is 4.54. The van der Waals surface area contributed by atoms with Gasteiger partial charge in [-0.2, -0.15) is 0 Å². The molecular formula is C13H16BrFN2O4. The molecule has 116 valence electrons. The second-order valence-corrected chi connectivity index (χ2v) is 5.39. The van der Waals surface area contributed by atoms with E-state index >= 15 is 0 Å². The molecule has 1 aromatic rings. The molecule has 0 radical (unpaired) electrons. The number of hydrogen-bond donors (Lipinski definition) is 0. The molecule has 1 aromatic carbocycles. The van der Waals surface area contributed by atoms with Gasteiger partial charge >= 0.3 is 5.97 Å². The third-order valence-electron chi connectivity index (χ3n) is 2.75. The van der Waals surface area contributed by atoms with E-state index in [9.17, 15) is 19.3 Å². The highest BCUT2D eigenvalue weighted by molar-refractivity contribution is 9.10. The summed E-state index contributed by atoms with van der Waals surface area (Å²) < 4.78 is 18.5. The van der Waals surface area contributed by atoms with Crippen LogP contribution in [-0.4, -0.2) is 30.1 Å². The summed E-state index contributed by atoms with van der Waals surface area (Å²) in [7, 11) is 0. The molecule has 1 rings (SSSR count). The number of halogens is 2. The first-order valence-electron chi connectivity index (χ1n) is 6.33. The van der Waals surface area contributed by atoms with Gasteiger partial charge in [0.25, 0.3) is 5.69 Å². The van der Waals surface area contributed by atoms with Gasteiger partial charge in [-0.05, 0) is 42.8 Å². The largest absolute Gasteiger partial charge is 0.465 e. The number of anilines is 1. The zero-order chi connectivity index (χ0) is 16.2. The van der Waals surface area contributed by atoms with Gasteiger partial charge in [0.2, 0.25) is 0 Å². The number of esters is 1. The van der Waals surface area contributed by atoms with Gasteiger partial charge in [0.1, 0.15) is 18.0 Å². The van der Waals surface area contributed by atoms with Gasteiger partial charge in [0.05, 0.1) is 22.1 Å². The van der Waals surface area contributed by atoms with E-state index in [1.54, 1.807) is 20.8 Å². The van der Waals surface area contributed by atoms with Crippen LogP contribution in [-0.2, 0) is 9.53 Å². The van der Waals surface area contributed by atoms with Crippen molar-refractivity contribution in [3.05, 3.63) is 32.5 Å². The van der Waals surface area contributed by atoms with E-state index in [1.165, 1.54) is 11.0 Å². The van der Waals surface area contributed by atoms with Gasteiger partial charge in [-0.1, -0.05) is 0 Å². The van der Waals surface area contributed by atoms with Crippen molar-refractivity contribution in [2.45, 2.75) is 26.8 Å². The summed E-state index contributed by atoms with van der Waals surface area (Å²) in [6.07, 6.45) is 0. The van der Waals surface area contributed by atoms with Crippen LogP contribution in [0.2, 0.25) is 0 Å². The highest BCUT2D eigenvalue weighted by Crippen LogP contribution is 2.34. The fraction of sp³-hybridized carbons (Fsp3) is 0.462. The van der Waals surface area contributed by atoms with Crippen molar-refractivity contribution < 1.29 is 18.8 Å². The Balaban J connectivity index is 3.27. The third kappa shape index (κ3) is 4.38. The smallest absolute Gasteiger partial charge is 0.325 e. The Bertz CT molecular complexity index is 551. The maximum Gasteiger partial charge on any atom is 0.325 e. The summed E-state index contributed by atoms with van der Waals surface area (Å²) in [5.74, 6) is -1.23. The summed E-state index contributed by atoms with van der Waals surface area (Å²) >= 11 is 3.00. The molecule has 0 aliphatic carbocycles. The Morgan fingerprint density at radius 2 is 2.14 bits per heavy atom. The standard InChI is InChI=1S/C13H16BrFN2O4/c1-4-21-13(18)7-16(8(2)3)11-5-9(14)10(15)6-12(11)17(19)20/h5-6,8H,4,7H2,1-3H3. The van der Waals surface area contributed by atoms with Crippen molar-refractivity contribution in [2.24, 2.45) is 0 Å². The molecule has 0 bridgehead atoms. The van der Waals surface area contributed by atoms with Crippen LogP contribution in [0.4, 0.5) is 15.8 Å². The van der Waals surface area contributed by atoms with Gasteiger partial charge < -0.3 is 9.64 Å². The normalized spacial score (nSPS) is 10.6. The van der Waals surface area contributed by atoms with Crippen LogP contribution in [0, 0.1) is 15.9 Å². The number of hydrogen-bond acceptors (Lipinski definition) is 5. The van der Waals surface area contributed by atoms with Crippen LogP contribution in [0.25, 0.3) is 0 Å². The van der Waals surface area contributed by atoms with Gasteiger partial charge in [0.15, 0.2) is 0 Å². The number of nitro groups is 1.